The number of halogens is 1. The maximum absolute atomic E-state index is 10.8. The fourth-order valence-electron chi connectivity index (χ4n) is 2.06. The molecule has 3 rings (SSSR count). The van der Waals surface area contributed by atoms with Gasteiger partial charge in [-0.2, -0.15) is 0 Å². The van der Waals surface area contributed by atoms with Gasteiger partial charge in [0.2, 0.25) is 0 Å². The summed E-state index contributed by atoms with van der Waals surface area (Å²) in [5.74, 6) is 0. The number of para-hydroxylation sites is 1. The van der Waals surface area contributed by atoms with E-state index in [4.69, 9.17) is 11.6 Å². The summed E-state index contributed by atoms with van der Waals surface area (Å²) in [6.45, 7) is 0.418. The molecule has 0 spiro atoms. The van der Waals surface area contributed by atoms with Crippen LogP contribution in [0.25, 0.3) is 11.0 Å². The van der Waals surface area contributed by atoms with Crippen LogP contribution >= 0.6 is 11.6 Å². The van der Waals surface area contributed by atoms with Crippen LogP contribution in [0, 0.1) is 10.1 Å². The van der Waals surface area contributed by atoms with Crippen molar-refractivity contribution in [3.63, 3.8) is 0 Å². The van der Waals surface area contributed by atoms with E-state index in [0.29, 0.717) is 22.7 Å². The smallest absolute Gasteiger partial charge is 0.271 e. The predicted molar refractivity (Wildman–Crippen MR) is 81.5 cm³/mol. The third-order valence-electron chi connectivity index (χ3n) is 3.13. The van der Waals surface area contributed by atoms with Crippen molar-refractivity contribution in [2.75, 3.05) is 5.32 Å². The summed E-state index contributed by atoms with van der Waals surface area (Å²) in [6, 6.07) is 12.0. The number of hydrogen-bond acceptors (Lipinski definition) is 4. The van der Waals surface area contributed by atoms with Crippen LogP contribution in [0.4, 0.5) is 11.4 Å². The Morgan fingerprint density at radius 3 is 2.86 bits per heavy atom. The number of non-ortho nitro benzene ring substituents is 1. The molecule has 3 aromatic rings. The average molecular weight is 303 g/mol. The van der Waals surface area contributed by atoms with E-state index in [9.17, 15) is 10.1 Å². The fourth-order valence-corrected chi connectivity index (χ4v) is 2.26. The predicted octanol–water partition coefficient (Wildman–Crippen LogP) is 3.67. The number of benzene rings is 2. The zero-order valence-corrected chi connectivity index (χ0v) is 11.6. The summed E-state index contributed by atoms with van der Waals surface area (Å²) >= 11 is 6.07. The molecule has 106 valence electrons. The van der Waals surface area contributed by atoms with Gasteiger partial charge in [-0.05, 0) is 18.2 Å². The molecule has 1 aromatic heterocycles. The van der Waals surface area contributed by atoms with Crippen molar-refractivity contribution in [2.24, 2.45) is 0 Å². The number of aromatic nitrogens is 2. The average Bonchev–Trinajstić information content (AvgIpc) is 2.88. The molecule has 0 bridgehead atoms. The van der Waals surface area contributed by atoms with Crippen molar-refractivity contribution >= 4 is 34.0 Å². The maximum atomic E-state index is 10.8. The first-order valence-corrected chi connectivity index (χ1v) is 6.60. The summed E-state index contributed by atoms with van der Waals surface area (Å²) in [5, 5.41) is 14.6. The zero-order chi connectivity index (χ0) is 14.8. The molecular formula is C14H11ClN4O2. The van der Waals surface area contributed by atoms with Crippen LogP contribution in [0.2, 0.25) is 5.02 Å². The Labute approximate surface area is 125 Å². The molecule has 2 aromatic carbocycles. The third-order valence-corrected chi connectivity index (χ3v) is 3.46. The quantitative estimate of drug-likeness (QED) is 0.589. The van der Waals surface area contributed by atoms with Crippen molar-refractivity contribution in [1.29, 1.82) is 0 Å². The Kier molecular flexibility index (Phi) is 3.45. The van der Waals surface area contributed by atoms with Crippen molar-refractivity contribution in [3.8, 4) is 0 Å². The molecule has 0 unspecified atom stereocenters. The molecule has 7 heteroatoms. The summed E-state index contributed by atoms with van der Waals surface area (Å²) < 4.78 is 1.80. The van der Waals surface area contributed by atoms with E-state index >= 15 is 0 Å². The molecule has 1 heterocycles. The molecule has 0 amide bonds. The molecule has 21 heavy (non-hydrogen) atoms. The molecule has 0 aliphatic carbocycles. The van der Waals surface area contributed by atoms with E-state index in [-0.39, 0.29) is 5.69 Å². The minimum atomic E-state index is -0.418. The lowest BCUT2D eigenvalue weighted by Gasteiger charge is -2.09. The molecule has 0 saturated heterocycles. The normalized spacial score (nSPS) is 10.7. The Morgan fingerprint density at radius 2 is 2.10 bits per heavy atom. The third kappa shape index (κ3) is 2.66. The Balaban J connectivity index is 1.89. The van der Waals surface area contributed by atoms with Gasteiger partial charge in [0, 0.05) is 12.1 Å². The van der Waals surface area contributed by atoms with Gasteiger partial charge in [0.05, 0.1) is 39.7 Å². The summed E-state index contributed by atoms with van der Waals surface area (Å²) in [6.07, 6.45) is 1.64. The number of nitrogens with one attached hydrogen (secondary N) is 1. The highest BCUT2D eigenvalue weighted by Crippen LogP contribution is 2.22. The Morgan fingerprint density at radius 1 is 1.29 bits per heavy atom. The minimum absolute atomic E-state index is 0.0435. The SMILES string of the molecule is O=[N+]([O-])c1ccc2ncn(CNc3ccccc3Cl)c2c1. The molecule has 0 fully saturated rings. The van der Waals surface area contributed by atoms with Gasteiger partial charge in [0.1, 0.15) is 0 Å². The van der Waals surface area contributed by atoms with E-state index in [1.165, 1.54) is 12.1 Å². The van der Waals surface area contributed by atoms with Crippen LogP contribution in [-0.4, -0.2) is 14.5 Å². The number of fused-ring (bicyclic) bond motifs is 1. The molecule has 6 nitrogen and oxygen atoms in total. The van der Waals surface area contributed by atoms with Gasteiger partial charge in [0.25, 0.3) is 5.69 Å². The number of hydrogen-bond donors (Lipinski definition) is 1. The second-order valence-electron chi connectivity index (χ2n) is 4.46. The van der Waals surface area contributed by atoms with Gasteiger partial charge < -0.3 is 9.88 Å². The fraction of sp³-hybridized carbons (Fsp3) is 0.0714. The standard InChI is InChI=1S/C14H11ClN4O2/c15-11-3-1-2-4-12(11)16-8-18-9-17-13-6-5-10(19(20)21)7-14(13)18/h1-7,9,16H,8H2. The van der Waals surface area contributed by atoms with Crippen LogP contribution in [0.5, 0.6) is 0 Å². The second kappa shape index (κ2) is 5.41. The lowest BCUT2D eigenvalue weighted by atomic mass is 10.3. The van der Waals surface area contributed by atoms with Gasteiger partial charge in [-0.3, -0.25) is 10.1 Å². The van der Waals surface area contributed by atoms with E-state index in [0.717, 1.165) is 5.69 Å². The number of nitro groups is 1. The van der Waals surface area contributed by atoms with Crippen molar-refractivity contribution < 1.29 is 4.92 Å². The molecule has 0 atom stereocenters. The first-order valence-electron chi connectivity index (χ1n) is 6.23. The van der Waals surface area contributed by atoms with Crippen molar-refractivity contribution in [3.05, 3.63) is 63.9 Å². The molecule has 0 saturated carbocycles. The molecule has 0 aliphatic heterocycles. The van der Waals surface area contributed by atoms with Crippen molar-refractivity contribution in [1.82, 2.24) is 9.55 Å². The highest BCUT2D eigenvalue weighted by Gasteiger charge is 2.10. The summed E-state index contributed by atoms with van der Waals surface area (Å²) in [5.41, 5.74) is 2.25. The van der Waals surface area contributed by atoms with E-state index in [2.05, 4.69) is 10.3 Å². The largest absolute Gasteiger partial charge is 0.366 e. The number of nitro benzene ring substituents is 1. The Bertz CT molecular complexity index is 816. The maximum Gasteiger partial charge on any atom is 0.271 e. The number of rotatable bonds is 4. The first-order chi connectivity index (χ1) is 10.1. The Hall–Kier alpha value is -2.60. The molecule has 0 radical (unpaired) electrons. The first kappa shape index (κ1) is 13.4. The monoisotopic (exact) mass is 302 g/mol. The van der Waals surface area contributed by atoms with E-state index in [1.807, 2.05) is 18.2 Å². The van der Waals surface area contributed by atoms with E-state index < -0.39 is 4.92 Å². The van der Waals surface area contributed by atoms with Crippen LogP contribution in [0.15, 0.2) is 48.8 Å². The summed E-state index contributed by atoms with van der Waals surface area (Å²) in [4.78, 5) is 14.6. The summed E-state index contributed by atoms with van der Waals surface area (Å²) in [7, 11) is 0. The number of anilines is 1. The van der Waals surface area contributed by atoms with E-state index in [1.54, 1.807) is 23.0 Å². The molecular weight excluding hydrogens is 292 g/mol. The minimum Gasteiger partial charge on any atom is -0.366 e. The molecule has 0 aliphatic rings. The number of imidazole rings is 1. The second-order valence-corrected chi connectivity index (χ2v) is 4.87. The van der Waals surface area contributed by atoms with Gasteiger partial charge >= 0.3 is 0 Å². The lowest BCUT2D eigenvalue weighted by molar-refractivity contribution is -0.384. The van der Waals surface area contributed by atoms with Crippen LogP contribution in [0.1, 0.15) is 0 Å². The highest BCUT2D eigenvalue weighted by atomic mass is 35.5. The van der Waals surface area contributed by atoms with Crippen LogP contribution in [-0.2, 0) is 6.67 Å². The van der Waals surface area contributed by atoms with Gasteiger partial charge in [-0.1, -0.05) is 23.7 Å². The molecule has 1 N–H and O–H groups in total. The lowest BCUT2D eigenvalue weighted by Crippen LogP contribution is -2.07. The van der Waals surface area contributed by atoms with Gasteiger partial charge in [-0.25, -0.2) is 4.98 Å². The van der Waals surface area contributed by atoms with Crippen LogP contribution in [0.3, 0.4) is 0 Å². The van der Waals surface area contributed by atoms with Gasteiger partial charge in [-0.15, -0.1) is 0 Å². The van der Waals surface area contributed by atoms with Crippen molar-refractivity contribution in [2.45, 2.75) is 6.67 Å². The zero-order valence-electron chi connectivity index (χ0n) is 10.9. The topological polar surface area (TPSA) is 73.0 Å². The number of nitrogens with zero attached hydrogens (tertiary/aromatic N) is 3. The highest BCUT2D eigenvalue weighted by molar-refractivity contribution is 6.33. The van der Waals surface area contributed by atoms with Crippen LogP contribution < -0.4 is 5.32 Å². The van der Waals surface area contributed by atoms with Gasteiger partial charge in [0.15, 0.2) is 0 Å².